The molecule has 0 saturated carbocycles. The molecule has 7 nitrogen and oxygen atoms in total. The van der Waals surface area contributed by atoms with Crippen LogP contribution in [0.2, 0.25) is 0 Å². The number of aliphatic hydroxyl groups excluding tert-OH is 2. The number of aryl methyl sites for hydroxylation is 1. The van der Waals surface area contributed by atoms with Gasteiger partial charge in [-0.15, -0.1) is 0 Å². The Morgan fingerprint density at radius 2 is 2.17 bits per heavy atom. The molecule has 0 amide bonds. The Balaban J connectivity index is 0.000000463. The summed E-state index contributed by atoms with van der Waals surface area (Å²) in [6.45, 7) is 0.844. The average molecular weight is 392 g/mol. The predicted octanol–water partition coefficient (Wildman–Crippen LogP) is 1.07. The molecular formula is C12H14Cl3FN2O5. The van der Waals surface area contributed by atoms with Gasteiger partial charge in [0.2, 0.25) is 0 Å². The Morgan fingerprint density at radius 1 is 1.61 bits per heavy atom. The minimum atomic E-state index is -2.57. The van der Waals surface area contributed by atoms with Gasteiger partial charge in [-0.2, -0.15) is 4.39 Å². The first-order valence-corrected chi connectivity index (χ1v) is 7.44. The van der Waals surface area contributed by atoms with Gasteiger partial charge in [-0.25, -0.2) is 9.36 Å². The average Bonchev–Trinajstić information content (AvgIpc) is 2.78. The highest BCUT2D eigenvalue weighted by Crippen LogP contribution is 2.35. The number of nitrogens with one attached hydrogen (secondary N) is 1. The van der Waals surface area contributed by atoms with E-state index in [4.69, 9.17) is 44.6 Å². The van der Waals surface area contributed by atoms with Crippen molar-refractivity contribution in [3.63, 3.8) is 0 Å². The van der Waals surface area contributed by atoms with Crippen LogP contribution in [0.4, 0.5) is 4.39 Å². The van der Waals surface area contributed by atoms with E-state index in [9.17, 15) is 19.1 Å². The van der Waals surface area contributed by atoms with Crippen LogP contribution >= 0.6 is 34.8 Å². The van der Waals surface area contributed by atoms with Gasteiger partial charge < -0.3 is 14.9 Å². The van der Waals surface area contributed by atoms with Crippen molar-refractivity contribution < 1.29 is 19.3 Å². The molecular weight excluding hydrogens is 377 g/mol. The second kappa shape index (κ2) is 8.27. The standard InChI is InChI=1S/C10H13FN2O5.C2HCl3/c1-5-3-13(9(17)12-8(5)16)10(11)2-6(15)7(4-14)18-10;3-1-2(4)5/h3,6-7,14-15H,2,4H2,1H3,(H,12,16,17);1H/t6-,7+,10-;/m0./s1. The molecule has 1 aromatic rings. The van der Waals surface area contributed by atoms with Crippen molar-refractivity contribution in [2.75, 3.05) is 6.61 Å². The Kier molecular flexibility index (Phi) is 7.25. The number of alkyl halides is 1. The van der Waals surface area contributed by atoms with Gasteiger partial charge in [-0.05, 0) is 6.92 Å². The summed E-state index contributed by atoms with van der Waals surface area (Å²) in [6.07, 6.45) is -1.80. The summed E-state index contributed by atoms with van der Waals surface area (Å²) < 4.78 is 20.0. The number of nitrogens with zero attached hydrogens (tertiary/aromatic N) is 1. The molecule has 3 atom stereocenters. The molecule has 1 aliphatic rings. The number of aliphatic hydroxyl groups is 2. The van der Waals surface area contributed by atoms with Crippen molar-refractivity contribution in [1.82, 2.24) is 9.55 Å². The summed E-state index contributed by atoms with van der Waals surface area (Å²) in [5, 5.41) is 18.4. The first-order valence-electron chi connectivity index (χ1n) is 6.24. The highest BCUT2D eigenvalue weighted by atomic mass is 35.5. The maximum Gasteiger partial charge on any atom is 0.332 e. The van der Waals surface area contributed by atoms with Crippen LogP contribution in [0.1, 0.15) is 12.0 Å². The largest absolute Gasteiger partial charge is 0.394 e. The second-order valence-corrected chi connectivity index (χ2v) is 5.87. The quantitative estimate of drug-likeness (QED) is 0.699. The summed E-state index contributed by atoms with van der Waals surface area (Å²) in [7, 11) is 0. The molecule has 0 bridgehead atoms. The van der Waals surface area contributed by atoms with E-state index < -0.39 is 42.5 Å². The zero-order valence-electron chi connectivity index (χ0n) is 11.8. The smallest absolute Gasteiger partial charge is 0.332 e. The molecule has 0 radical (unpaired) electrons. The lowest BCUT2D eigenvalue weighted by Crippen LogP contribution is -2.42. The van der Waals surface area contributed by atoms with Crippen LogP contribution in [-0.4, -0.2) is 38.6 Å². The second-order valence-electron chi connectivity index (χ2n) is 4.64. The fraction of sp³-hybridized carbons (Fsp3) is 0.500. The minimum Gasteiger partial charge on any atom is -0.394 e. The van der Waals surface area contributed by atoms with E-state index >= 15 is 0 Å². The predicted molar refractivity (Wildman–Crippen MR) is 83.4 cm³/mol. The number of ether oxygens (including phenoxy) is 1. The third-order valence-electron chi connectivity index (χ3n) is 2.96. The Bertz CT molecular complexity index is 688. The van der Waals surface area contributed by atoms with Crippen LogP contribution in [0.5, 0.6) is 0 Å². The van der Waals surface area contributed by atoms with Gasteiger partial charge in [0, 0.05) is 17.3 Å². The summed E-state index contributed by atoms with van der Waals surface area (Å²) in [5.41, 5.74) is -0.364. The van der Waals surface area contributed by atoms with E-state index in [-0.39, 0.29) is 10.1 Å². The van der Waals surface area contributed by atoms with Crippen LogP contribution in [0.3, 0.4) is 0 Å². The summed E-state index contributed by atoms with van der Waals surface area (Å²) in [5.74, 6) is -2.57. The van der Waals surface area contributed by atoms with Crippen LogP contribution < -0.4 is 11.2 Å². The van der Waals surface area contributed by atoms with Crippen molar-refractivity contribution in [3.05, 3.63) is 42.6 Å². The molecule has 2 heterocycles. The lowest BCUT2D eigenvalue weighted by atomic mass is 10.2. The number of rotatable bonds is 2. The van der Waals surface area contributed by atoms with E-state index in [1.54, 1.807) is 0 Å². The van der Waals surface area contributed by atoms with Crippen molar-refractivity contribution >= 4 is 34.8 Å². The first kappa shape index (κ1) is 20.1. The van der Waals surface area contributed by atoms with Gasteiger partial charge in [0.15, 0.2) is 0 Å². The highest BCUT2D eigenvalue weighted by molar-refractivity contribution is 6.58. The molecule has 0 spiro atoms. The molecule has 2 rings (SSSR count). The van der Waals surface area contributed by atoms with Crippen molar-refractivity contribution in [2.45, 2.75) is 31.5 Å². The van der Waals surface area contributed by atoms with Gasteiger partial charge in [0.05, 0.1) is 19.1 Å². The summed E-state index contributed by atoms with van der Waals surface area (Å²) in [4.78, 5) is 24.6. The molecule has 1 aromatic heterocycles. The molecule has 1 aliphatic heterocycles. The van der Waals surface area contributed by atoms with Crippen LogP contribution in [0.25, 0.3) is 0 Å². The highest BCUT2D eigenvalue weighted by Gasteiger charge is 2.48. The number of hydrogen-bond donors (Lipinski definition) is 3. The van der Waals surface area contributed by atoms with E-state index in [2.05, 4.69) is 0 Å². The molecule has 0 aliphatic carbocycles. The van der Waals surface area contributed by atoms with Crippen LogP contribution in [0.15, 0.2) is 25.8 Å². The minimum absolute atomic E-state index is 0.0895. The summed E-state index contributed by atoms with van der Waals surface area (Å²) >= 11 is 14.8. The van der Waals surface area contributed by atoms with Crippen LogP contribution in [-0.2, 0) is 10.7 Å². The fourth-order valence-corrected chi connectivity index (χ4v) is 1.88. The van der Waals surface area contributed by atoms with Crippen molar-refractivity contribution in [1.29, 1.82) is 0 Å². The molecule has 0 aromatic carbocycles. The fourth-order valence-electron chi connectivity index (χ4n) is 1.88. The number of aromatic amines is 1. The molecule has 130 valence electrons. The monoisotopic (exact) mass is 390 g/mol. The third-order valence-corrected chi connectivity index (χ3v) is 3.62. The molecule has 1 fully saturated rings. The zero-order valence-corrected chi connectivity index (χ0v) is 14.1. The van der Waals surface area contributed by atoms with Crippen molar-refractivity contribution in [3.8, 4) is 0 Å². The molecule has 1 saturated heterocycles. The third kappa shape index (κ3) is 5.03. The number of H-pyrrole nitrogens is 1. The Hall–Kier alpha value is -0.900. The van der Waals surface area contributed by atoms with Gasteiger partial charge in [0.25, 0.3) is 11.5 Å². The van der Waals surface area contributed by atoms with Gasteiger partial charge in [-0.1, -0.05) is 34.8 Å². The van der Waals surface area contributed by atoms with Gasteiger partial charge in [0.1, 0.15) is 10.6 Å². The van der Waals surface area contributed by atoms with E-state index in [0.717, 1.165) is 11.7 Å². The normalized spacial score (nSPS) is 26.4. The summed E-state index contributed by atoms with van der Waals surface area (Å²) in [6, 6.07) is 0. The first-order chi connectivity index (χ1) is 10.6. The number of halogens is 4. The SMILES string of the molecule is Cc1cn([C@@]2(F)C[C@H](O)[C@@H](CO)O2)c(=O)[nH]c1=O.ClC=C(Cl)Cl. The van der Waals surface area contributed by atoms with Crippen molar-refractivity contribution in [2.24, 2.45) is 0 Å². The van der Waals surface area contributed by atoms with Gasteiger partial charge >= 0.3 is 5.69 Å². The number of hydrogen-bond acceptors (Lipinski definition) is 5. The van der Waals surface area contributed by atoms with E-state index in [0.29, 0.717) is 4.57 Å². The lowest BCUT2D eigenvalue weighted by molar-refractivity contribution is -0.205. The Morgan fingerprint density at radius 3 is 2.61 bits per heavy atom. The zero-order chi connectivity index (χ0) is 17.8. The topological polar surface area (TPSA) is 105 Å². The van der Waals surface area contributed by atoms with Gasteiger partial charge in [-0.3, -0.25) is 9.78 Å². The Labute approximate surface area is 144 Å². The number of aromatic nitrogens is 2. The van der Waals surface area contributed by atoms with E-state index in [1.165, 1.54) is 6.92 Å². The maximum absolute atomic E-state index is 14.5. The molecule has 23 heavy (non-hydrogen) atoms. The van der Waals surface area contributed by atoms with Crippen LogP contribution in [0, 0.1) is 6.92 Å². The molecule has 3 N–H and O–H groups in total. The maximum atomic E-state index is 14.5. The lowest BCUT2D eigenvalue weighted by Gasteiger charge is -2.22. The molecule has 0 unspecified atom stereocenters. The van der Waals surface area contributed by atoms with E-state index in [1.807, 2.05) is 4.98 Å². The molecule has 11 heteroatoms.